The number of aliphatic hydroxyl groups is 1. The number of nitrogens with zero attached hydrogens (tertiary/aromatic N) is 3. The molecule has 0 aliphatic rings. The second-order valence-electron chi connectivity index (χ2n) is 8.83. The molecule has 36 heavy (non-hydrogen) atoms. The Morgan fingerprint density at radius 1 is 1.08 bits per heavy atom. The molecule has 0 fully saturated rings. The summed E-state index contributed by atoms with van der Waals surface area (Å²) >= 11 is 6.46. The molecule has 0 aliphatic carbocycles. The van der Waals surface area contributed by atoms with E-state index in [1.807, 2.05) is 30.3 Å². The van der Waals surface area contributed by atoms with Gasteiger partial charge in [-0.15, -0.1) is 0 Å². The van der Waals surface area contributed by atoms with E-state index >= 15 is 0 Å². The summed E-state index contributed by atoms with van der Waals surface area (Å²) in [5.74, 6) is 0.708. The minimum Gasteiger partial charge on any atom is -0.492 e. The smallest absolute Gasteiger partial charge is 0.246 e. The lowest BCUT2D eigenvalue weighted by Gasteiger charge is -2.28. The fourth-order valence-corrected chi connectivity index (χ4v) is 3.72. The first kappa shape index (κ1) is 25.2. The Bertz CT molecular complexity index is 1360. The Morgan fingerprint density at radius 3 is 2.64 bits per heavy atom. The van der Waals surface area contributed by atoms with Gasteiger partial charge in [-0.25, -0.2) is 9.97 Å². The van der Waals surface area contributed by atoms with E-state index in [2.05, 4.69) is 20.3 Å². The lowest BCUT2D eigenvalue weighted by Crippen LogP contribution is -2.44. The van der Waals surface area contributed by atoms with E-state index in [0.29, 0.717) is 45.5 Å². The zero-order valence-corrected chi connectivity index (χ0v) is 20.6. The van der Waals surface area contributed by atoms with Crippen LogP contribution in [0.2, 0.25) is 5.02 Å². The first-order chi connectivity index (χ1) is 17.2. The van der Waals surface area contributed by atoms with Crippen LogP contribution in [-0.4, -0.2) is 38.7 Å². The van der Waals surface area contributed by atoms with Crippen LogP contribution in [0.4, 0.5) is 11.5 Å². The molecule has 0 saturated carbocycles. The van der Waals surface area contributed by atoms with Gasteiger partial charge in [-0.1, -0.05) is 37.6 Å². The Balaban J connectivity index is 1.55. The molecule has 0 aliphatic heterocycles. The van der Waals surface area contributed by atoms with Crippen LogP contribution in [0.25, 0.3) is 10.9 Å². The average molecular weight is 508 g/mol. The van der Waals surface area contributed by atoms with Crippen molar-refractivity contribution in [3.05, 3.63) is 77.8 Å². The lowest BCUT2D eigenvalue weighted by molar-refractivity contribution is -0.133. The standard InChI is InChI=1S/C26H26ClN5O4/c1-26(2,23(33)24(28)34)14-36-21-8-5-7-19-22(21)25(31-15-30-19)32-16-9-10-20(18(27)12-16)35-13-17-6-3-4-11-29-17/h3-12,15,23,33H,13-14H2,1-2H3,(H2,28,34)(H,30,31,32). The summed E-state index contributed by atoms with van der Waals surface area (Å²) in [7, 11) is 0. The molecule has 0 saturated heterocycles. The van der Waals surface area contributed by atoms with E-state index in [9.17, 15) is 9.90 Å². The summed E-state index contributed by atoms with van der Waals surface area (Å²) in [6.45, 7) is 3.73. The molecule has 1 amide bonds. The molecule has 2 aromatic carbocycles. The Morgan fingerprint density at radius 2 is 1.92 bits per heavy atom. The van der Waals surface area contributed by atoms with E-state index in [1.165, 1.54) is 6.33 Å². The summed E-state index contributed by atoms with van der Waals surface area (Å²) < 4.78 is 11.8. The number of pyridine rings is 1. The maximum atomic E-state index is 11.5. The molecule has 0 bridgehead atoms. The van der Waals surface area contributed by atoms with Crippen LogP contribution >= 0.6 is 11.6 Å². The number of halogens is 1. The number of nitrogens with two attached hydrogens (primary N) is 1. The van der Waals surface area contributed by atoms with E-state index in [1.54, 1.807) is 44.3 Å². The van der Waals surface area contributed by atoms with Crippen molar-refractivity contribution < 1.29 is 19.4 Å². The molecule has 186 valence electrons. The van der Waals surface area contributed by atoms with Crippen LogP contribution in [0.5, 0.6) is 11.5 Å². The molecular weight excluding hydrogens is 482 g/mol. The molecule has 9 nitrogen and oxygen atoms in total. The van der Waals surface area contributed by atoms with E-state index in [-0.39, 0.29) is 6.61 Å². The summed E-state index contributed by atoms with van der Waals surface area (Å²) in [6.07, 6.45) is 1.79. The minimum absolute atomic E-state index is 0.0404. The number of aliphatic hydroxyl groups excluding tert-OH is 1. The predicted octanol–water partition coefficient (Wildman–Crippen LogP) is 4.25. The number of fused-ring (bicyclic) bond motifs is 1. The topological polar surface area (TPSA) is 132 Å². The molecule has 2 heterocycles. The number of hydrogen-bond donors (Lipinski definition) is 3. The summed E-state index contributed by atoms with van der Waals surface area (Å²) in [6, 6.07) is 16.3. The van der Waals surface area contributed by atoms with Gasteiger partial charge in [0.15, 0.2) is 0 Å². The van der Waals surface area contributed by atoms with Gasteiger partial charge in [0.05, 0.1) is 28.2 Å². The molecule has 0 radical (unpaired) electrons. The highest BCUT2D eigenvalue weighted by molar-refractivity contribution is 6.32. The molecule has 1 unspecified atom stereocenters. The average Bonchev–Trinajstić information content (AvgIpc) is 2.87. The second kappa shape index (κ2) is 10.8. The molecule has 10 heteroatoms. The molecule has 0 spiro atoms. The Hall–Kier alpha value is -3.95. The van der Waals surface area contributed by atoms with Crippen molar-refractivity contribution in [3.8, 4) is 11.5 Å². The van der Waals surface area contributed by atoms with E-state index in [0.717, 1.165) is 5.69 Å². The van der Waals surface area contributed by atoms with Crippen molar-refractivity contribution in [2.75, 3.05) is 11.9 Å². The first-order valence-electron chi connectivity index (χ1n) is 11.2. The number of primary amides is 1. The van der Waals surface area contributed by atoms with Gasteiger partial charge in [0.2, 0.25) is 5.91 Å². The SMILES string of the molecule is CC(C)(COc1cccc2ncnc(Nc3ccc(OCc4ccccn4)c(Cl)c3)c12)C(O)C(N)=O. The maximum Gasteiger partial charge on any atom is 0.246 e. The number of amides is 1. The second-order valence-corrected chi connectivity index (χ2v) is 9.24. The quantitative estimate of drug-likeness (QED) is 0.290. The Kier molecular flexibility index (Phi) is 7.52. The van der Waals surface area contributed by atoms with Gasteiger partial charge in [0.1, 0.15) is 36.4 Å². The lowest BCUT2D eigenvalue weighted by atomic mass is 9.87. The third kappa shape index (κ3) is 5.81. The summed E-state index contributed by atoms with van der Waals surface area (Å²) in [5, 5.41) is 14.4. The third-order valence-electron chi connectivity index (χ3n) is 5.53. The van der Waals surface area contributed by atoms with Crippen molar-refractivity contribution >= 4 is 39.9 Å². The number of ether oxygens (including phenoxy) is 2. The van der Waals surface area contributed by atoms with Crippen molar-refractivity contribution in [1.29, 1.82) is 0 Å². The van der Waals surface area contributed by atoms with Gasteiger partial charge in [-0.3, -0.25) is 9.78 Å². The molecule has 4 rings (SSSR count). The molecule has 1 atom stereocenters. The van der Waals surface area contributed by atoms with Crippen LogP contribution in [0.1, 0.15) is 19.5 Å². The molecule has 4 N–H and O–H groups in total. The van der Waals surface area contributed by atoms with Crippen LogP contribution in [0, 0.1) is 5.41 Å². The molecular formula is C26H26ClN5O4. The number of benzene rings is 2. The number of nitrogens with one attached hydrogen (secondary N) is 1. The first-order valence-corrected chi connectivity index (χ1v) is 11.6. The van der Waals surface area contributed by atoms with Crippen LogP contribution < -0.4 is 20.5 Å². The number of carbonyl (C=O) groups excluding carboxylic acids is 1. The minimum atomic E-state index is -1.36. The number of hydrogen-bond acceptors (Lipinski definition) is 8. The van der Waals surface area contributed by atoms with Crippen molar-refractivity contribution in [1.82, 2.24) is 15.0 Å². The van der Waals surface area contributed by atoms with Crippen LogP contribution in [-0.2, 0) is 11.4 Å². The van der Waals surface area contributed by atoms with Gasteiger partial charge in [-0.2, -0.15) is 0 Å². The molecule has 2 aromatic heterocycles. The highest BCUT2D eigenvalue weighted by Crippen LogP contribution is 2.35. The van der Waals surface area contributed by atoms with Crippen molar-refractivity contribution in [2.45, 2.75) is 26.6 Å². The summed E-state index contributed by atoms with van der Waals surface area (Å²) in [5.41, 5.74) is 6.49. The Labute approximate surface area is 213 Å². The van der Waals surface area contributed by atoms with Crippen LogP contribution in [0.15, 0.2) is 67.1 Å². The number of anilines is 2. The number of aromatic nitrogens is 3. The largest absolute Gasteiger partial charge is 0.492 e. The maximum absolute atomic E-state index is 11.5. The molecule has 4 aromatic rings. The van der Waals surface area contributed by atoms with Gasteiger partial charge >= 0.3 is 0 Å². The zero-order valence-electron chi connectivity index (χ0n) is 19.8. The van der Waals surface area contributed by atoms with E-state index in [4.69, 9.17) is 26.8 Å². The predicted molar refractivity (Wildman–Crippen MR) is 137 cm³/mol. The fraction of sp³-hybridized carbons (Fsp3) is 0.231. The normalized spacial score (nSPS) is 12.2. The van der Waals surface area contributed by atoms with Gasteiger partial charge in [0.25, 0.3) is 0 Å². The third-order valence-corrected chi connectivity index (χ3v) is 5.83. The number of rotatable bonds is 10. The summed E-state index contributed by atoms with van der Waals surface area (Å²) in [4.78, 5) is 24.4. The number of carbonyl (C=O) groups is 1. The monoisotopic (exact) mass is 507 g/mol. The van der Waals surface area contributed by atoms with Gasteiger partial charge in [0, 0.05) is 17.3 Å². The highest BCUT2D eigenvalue weighted by Gasteiger charge is 2.33. The zero-order chi connectivity index (χ0) is 25.7. The van der Waals surface area contributed by atoms with Gasteiger partial charge in [-0.05, 0) is 42.5 Å². The van der Waals surface area contributed by atoms with Crippen LogP contribution in [0.3, 0.4) is 0 Å². The van der Waals surface area contributed by atoms with Gasteiger partial charge < -0.3 is 25.6 Å². The van der Waals surface area contributed by atoms with Crippen molar-refractivity contribution in [2.24, 2.45) is 11.1 Å². The van der Waals surface area contributed by atoms with Crippen molar-refractivity contribution in [3.63, 3.8) is 0 Å². The highest BCUT2D eigenvalue weighted by atomic mass is 35.5. The van der Waals surface area contributed by atoms with E-state index < -0.39 is 17.4 Å². The fourth-order valence-electron chi connectivity index (χ4n) is 3.49.